The van der Waals surface area contributed by atoms with Crippen LogP contribution in [0.5, 0.6) is 5.75 Å². The van der Waals surface area contributed by atoms with E-state index < -0.39 is 0 Å². The van der Waals surface area contributed by atoms with Gasteiger partial charge in [-0.3, -0.25) is 0 Å². The molecule has 2 nitrogen and oxygen atoms in total. The fraction of sp³-hybridized carbons (Fsp3) is 0.500. The zero-order valence-electron chi connectivity index (χ0n) is 9.13. The molecule has 0 heterocycles. The van der Waals surface area contributed by atoms with Crippen LogP contribution in [0.2, 0.25) is 5.02 Å². The maximum Gasteiger partial charge on any atom is 0.122 e. The number of hydrogen-bond donors (Lipinski definition) is 1. The summed E-state index contributed by atoms with van der Waals surface area (Å²) in [4.78, 5) is 0. The van der Waals surface area contributed by atoms with Gasteiger partial charge in [-0.25, -0.2) is 0 Å². The molecule has 0 saturated carbocycles. The van der Waals surface area contributed by atoms with Gasteiger partial charge in [0.25, 0.3) is 0 Å². The average Bonchev–Trinajstić information content (AvgIpc) is 2.22. The minimum absolute atomic E-state index is 0.686. The van der Waals surface area contributed by atoms with E-state index in [1.807, 2.05) is 25.1 Å². The van der Waals surface area contributed by atoms with Gasteiger partial charge in [0.15, 0.2) is 0 Å². The average molecular weight is 228 g/mol. The third-order valence-electron chi connectivity index (χ3n) is 2.22. The number of aryl methyl sites for hydroxylation is 1. The fourth-order valence-corrected chi connectivity index (χ4v) is 1.69. The molecule has 0 saturated heterocycles. The maximum atomic E-state index is 5.95. The van der Waals surface area contributed by atoms with Crippen molar-refractivity contribution in [2.24, 2.45) is 5.73 Å². The van der Waals surface area contributed by atoms with Crippen molar-refractivity contribution in [1.29, 1.82) is 0 Å². The first kappa shape index (κ1) is 12.3. The van der Waals surface area contributed by atoms with Crippen molar-refractivity contribution in [3.63, 3.8) is 0 Å². The molecule has 1 aromatic rings. The second kappa shape index (κ2) is 6.70. The summed E-state index contributed by atoms with van der Waals surface area (Å²) in [5.41, 5.74) is 6.64. The zero-order valence-corrected chi connectivity index (χ0v) is 9.89. The summed E-state index contributed by atoms with van der Waals surface area (Å²) in [6.07, 6.45) is 3.10. The lowest BCUT2D eigenvalue weighted by atomic mass is 10.1. The number of halogens is 1. The summed E-state index contributed by atoms with van der Waals surface area (Å²) in [6, 6.07) is 5.77. The van der Waals surface area contributed by atoms with E-state index in [0.29, 0.717) is 6.61 Å². The quantitative estimate of drug-likeness (QED) is 0.759. The van der Waals surface area contributed by atoms with Crippen molar-refractivity contribution in [3.05, 3.63) is 28.8 Å². The molecule has 0 radical (unpaired) electrons. The number of benzene rings is 1. The standard InChI is InChI=1S/C12H18ClNO/c1-2-15-12-7-6-11(13)9-10(12)5-3-4-8-14/h6-7,9H,2-5,8,14H2,1H3. The van der Waals surface area contributed by atoms with E-state index in [9.17, 15) is 0 Å². The smallest absolute Gasteiger partial charge is 0.122 e. The Balaban J connectivity index is 2.68. The molecule has 1 aromatic carbocycles. The van der Waals surface area contributed by atoms with Crippen molar-refractivity contribution in [1.82, 2.24) is 0 Å². The van der Waals surface area contributed by atoms with Crippen molar-refractivity contribution in [2.75, 3.05) is 13.2 Å². The largest absolute Gasteiger partial charge is 0.494 e. The molecule has 3 heteroatoms. The zero-order chi connectivity index (χ0) is 11.1. The number of hydrogen-bond acceptors (Lipinski definition) is 2. The summed E-state index contributed by atoms with van der Waals surface area (Å²) < 4.78 is 5.53. The van der Waals surface area contributed by atoms with Crippen LogP contribution in [0.1, 0.15) is 25.3 Å². The highest BCUT2D eigenvalue weighted by Gasteiger charge is 2.03. The number of unbranched alkanes of at least 4 members (excludes halogenated alkanes) is 1. The Bertz CT molecular complexity index is 302. The number of rotatable bonds is 6. The predicted octanol–water partition coefficient (Wildman–Crippen LogP) is 3.02. The Morgan fingerprint density at radius 1 is 1.33 bits per heavy atom. The molecule has 2 N–H and O–H groups in total. The molecule has 0 bridgehead atoms. The Morgan fingerprint density at radius 3 is 2.80 bits per heavy atom. The molecule has 0 spiro atoms. The van der Waals surface area contributed by atoms with Gasteiger partial charge in [0.2, 0.25) is 0 Å². The third kappa shape index (κ3) is 4.10. The van der Waals surface area contributed by atoms with E-state index in [1.54, 1.807) is 0 Å². The van der Waals surface area contributed by atoms with Crippen LogP contribution >= 0.6 is 11.6 Å². The molecule has 15 heavy (non-hydrogen) atoms. The van der Waals surface area contributed by atoms with Gasteiger partial charge < -0.3 is 10.5 Å². The highest BCUT2D eigenvalue weighted by molar-refractivity contribution is 6.30. The molecule has 0 fully saturated rings. The van der Waals surface area contributed by atoms with Gasteiger partial charge in [-0.05, 0) is 56.5 Å². The van der Waals surface area contributed by atoms with E-state index in [4.69, 9.17) is 22.1 Å². The maximum absolute atomic E-state index is 5.95. The SMILES string of the molecule is CCOc1ccc(Cl)cc1CCCCN. The number of ether oxygens (including phenoxy) is 1. The molecule has 0 aliphatic rings. The molecule has 0 unspecified atom stereocenters. The molecule has 0 aromatic heterocycles. The van der Waals surface area contributed by atoms with Crippen LogP contribution in [0.25, 0.3) is 0 Å². The molecule has 1 rings (SSSR count). The highest BCUT2D eigenvalue weighted by Crippen LogP contribution is 2.24. The summed E-state index contributed by atoms with van der Waals surface area (Å²) in [5.74, 6) is 0.943. The van der Waals surface area contributed by atoms with Gasteiger partial charge in [-0.2, -0.15) is 0 Å². The number of nitrogens with two attached hydrogens (primary N) is 1. The van der Waals surface area contributed by atoms with E-state index >= 15 is 0 Å². The minimum atomic E-state index is 0.686. The van der Waals surface area contributed by atoms with Crippen molar-refractivity contribution in [2.45, 2.75) is 26.2 Å². The third-order valence-corrected chi connectivity index (χ3v) is 2.46. The van der Waals surface area contributed by atoms with Crippen LogP contribution in [-0.2, 0) is 6.42 Å². The van der Waals surface area contributed by atoms with Crippen LogP contribution in [-0.4, -0.2) is 13.2 Å². The van der Waals surface area contributed by atoms with Crippen molar-refractivity contribution < 1.29 is 4.74 Å². The summed E-state index contributed by atoms with van der Waals surface area (Å²) in [6.45, 7) is 3.41. The lowest BCUT2D eigenvalue weighted by molar-refractivity contribution is 0.336. The van der Waals surface area contributed by atoms with Gasteiger partial charge in [0.05, 0.1) is 6.61 Å². The Labute approximate surface area is 96.4 Å². The van der Waals surface area contributed by atoms with Crippen LogP contribution in [0.4, 0.5) is 0 Å². The Morgan fingerprint density at radius 2 is 2.13 bits per heavy atom. The Kier molecular flexibility index (Phi) is 5.51. The Hall–Kier alpha value is -0.730. The first-order valence-corrected chi connectivity index (χ1v) is 5.77. The molecule has 0 amide bonds. The lowest BCUT2D eigenvalue weighted by Crippen LogP contribution is -2.01. The summed E-state index contributed by atoms with van der Waals surface area (Å²) in [5, 5.41) is 0.765. The molecule has 0 aliphatic heterocycles. The molecular weight excluding hydrogens is 210 g/mol. The van der Waals surface area contributed by atoms with Gasteiger partial charge in [-0.15, -0.1) is 0 Å². The molecule has 84 valence electrons. The van der Waals surface area contributed by atoms with E-state index in [-0.39, 0.29) is 0 Å². The molecular formula is C12H18ClNO. The van der Waals surface area contributed by atoms with Gasteiger partial charge in [0, 0.05) is 5.02 Å². The van der Waals surface area contributed by atoms with E-state index in [2.05, 4.69) is 0 Å². The van der Waals surface area contributed by atoms with Gasteiger partial charge in [0.1, 0.15) is 5.75 Å². The van der Waals surface area contributed by atoms with E-state index in [1.165, 1.54) is 5.56 Å². The monoisotopic (exact) mass is 227 g/mol. The summed E-state index contributed by atoms with van der Waals surface area (Å²) in [7, 11) is 0. The first-order valence-electron chi connectivity index (χ1n) is 5.39. The second-order valence-electron chi connectivity index (χ2n) is 3.43. The van der Waals surface area contributed by atoms with Crippen LogP contribution in [0.15, 0.2) is 18.2 Å². The second-order valence-corrected chi connectivity index (χ2v) is 3.87. The van der Waals surface area contributed by atoms with Crippen LogP contribution in [0, 0.1) is 0 Å². The highest BCUT2D eigenvalue weighted by atomic mass is 35.5. The topological polar surface area (TPSA) is 35.2 Å². The predicted molar refractivity (Wildman–Crippen MR) is 64.6 cm³/mol. The normalized spacial score (nSPS) is 10.3. The minimum Gasteiger partial charge on any atom is -0.494 e. The van der Waals surface area contributed by atoms with Crippen LogP contribution < -0.4 is 10.5 Å². The van der Waals surface area contributed by atoms with Crippen molar-refractivity contribution >= 4 is 11.6 Å². The fourth-order valence-electron chi connectivity index (χ4n) is 1.50. The first-order chi connectivity index (χ1) is 7.27. The van der Waals surface area contributed by atoms with Crippen LogP contribution in [0.3, 0.4) is 0 Å². The summed E-state index contributed by atoms with van der Waals surface area (Å²) >= 11 is 5.95. The van der Waals surface area contributed by atoms with Gasteiger partial charge >= 0.3 is 0 Å². The van der Waals surface area contributed by atoms with Crippen molar-refractivity contribution in [3.8, 4) is 5.75 Å². The molecule has 0 aliphatic carbocycles. The van der Waals surface area contributed by atoms with Gasteiger partial charge in [-0.1, -0.05) is 11.6 Å². The molecule has 0 atom stereocenters. The lowest BCUT2D eigenvalue weighted by Gasteiger charge is -2.10. The van der Waals surface area contributed by atoms with E-state index in [0.717, 1.165) is 36.6 Å².